The van der Waals surface area contributed by atoms with Gasteiger partial charge < -0.3 is 10.8 Å². The fourth-order valence-corrected chi connectivity index (χ4v) is 1.54. The van der Waals surface area contributed by atoms with E-state index < -0.39 is 17.8 Å². The Labute approximate surface area is 108 Å². The van der Waals surface area contributed by atoms with E-state index in [-0.39, 0.29) is 36.0 Å². The molecule has 0 heterocycles. The summed E-state index contributed by atoms with van der Waals surface area (Å²) in [7, 11) is 0. The third-order valence-electron chi connectivity index (χ3n) is 2.12. The number of benzene rings is 1. The Hall–Kier alpha value is -0.490. The van der Waals surface area contributed by atoms with E-state index in [4.69, 9.17) is 22.4 Å². The van der Waals surface area contributed by atoms with Crippen LogP contribution in [0.1, 0.15) is 23.6 Å². The van der Waals surface area contributed by atoms with E-state index in [1.807, 2.05) is 0 Å². The van der Waals surface area contributed by atoms with Gasteiger partial charge >= 0.3 is 6.18 Å². The van der Waals surface area contributed by atoms with Gasteiger partial charge in [0, 0.05) is 17.7 Å². The van der Waals surface area contributed by atoms with Crippen LogP contribution < -0.4 is 5.73 Å². The second kappa shape index (κ2) is 6.44. The monoisotopic (exact) mass is 289 g/mol. The van der Waals surface area contributed by atoms with Crippen LogP contribution >= 0.6 is 24.0 Å². The molecule has 0 fully saturated rings. The minimum atomic E-state index is -4.45. The third kappa shape index (κ3) is 4.71. The SMILES string of the molecule is Cl.N[C@H](CCO)c1cc(Cl)cc(C(F)(F)F)c1. The molecule has 2 nitrogen and oxygen atoms in total. The van der Waals surface area contributed by atoms with Crippen molar-refractivity contribution in [3.63, 3.8) is 0 Å². The molecule has 0 bridgehead atoms. The van der Waals surface area contributed by atoms with E-state index in [0.717, 1.165) is 12.1 Å². The lowest BCUT2D eigenvalue weighted by atomic mass is 10.0. The average molecular weight is 290 g/mol. The molecule has 3 N–H and O–H groups in total. The molecule has 1 rings (SSSR count). The molecule has 1 atom stereocenters. The zero-order valence-electron chi connectivity index (χ0n) is 8.67. The van der Waals surface area contributed by atoms with Crippen LogP contribution in [0.2, 0.25) is 5.02 Å². The van der Waals surface area contributed by atoms with Gasteiger partial charge in [-0.2, -0.15) is 13.2 Å². The zero-order valence-corrected chi connectivity index (χ0v) is 10.2. The molecule has 0 saturated heterocycles. The molecule has 0 radical (unpaired) electrons. The van der Waals surface area contributed by atoms with Gasteiger partial charge in [-0.3, -0.25) is 0 Å². The lowest BCUT2D eigenvalue weighted by Crippen LogP contribution is -2.14. The number of hydrogen-bond acceptors (Lipinski definition) is 2. The highest BCUT2D eigenvalue weighted by molar-refractivity contribution is 6.30. The van der Waals surface area contributed by atoms with Crippen molar-refractivity contribution in [3.05, 3.63) is 34.3 Å². The summed E-state index contributed by atoms with van der Waals surface area (Å²) in [6.45, 7) is -0.185. The summed E-state index contributed by atoms with van der Waals surface area (Å²) in [5, 5.41) is 8.65. The van der Waals surface area contributed by atoms with Crippen molar-refractivity contribution in [1.29, 1.82) is 0 Å². The first-order chi connectivity index (χ1) is 7.34. The third-order valence-corrected chi connectivity index (χ3v) is 2.33. The van der Waals surface area contributed by atoms with E-state index >= 15 is 0 Å². The van der Waals surface area contributed by atoms with Gasteiger partial charge in [-0.15, -0.1) is 12.4 Å². The lowest BCUT2D eigenvalue weighted by molar-refractivity contribution is -0.137. The molecule has 7 heteroatoms. The standard InChI is InChI=1S/C10H11ClF3NO.ClH/c11-8-4-6(9(15)1-2-16)3-7(5-8)10(12,13)14;/h3-5,9,16H,1-2,15H2;1H/t9-;/m1./s1. The highest BCUT2D eigenvalue weighted by atomic mass is 35.5. The van der Waals surface area contributed by atoms with Crippen molar-refractivity contribution < 1.29 is 18.3 Å². The molecule has 0 aromatic heterocycles. The Morgan fingerprint density at radius 1 is 1.29 bits per heavy atom. The minimum Gasteiger partial charge on any atom is -0.396 e. The van der Waals surface area contributed by atoms with Gasteiger partial charge in [0.1, 0.15) is 0 Å². The molecule has 98 valence electrons. The van der Waals surface area contributed by atoms with Gasteiger partial charge in [-0.25, -0.2) is 0 Å². The van der Waals surface area contributed by atoms with Crippen LogP contribution in [0.15, 0.2) is 18.2 Å². The number of hydrogen-bond donors (Lipinski definition) is 2. The molecule has 17 heavy (non-hydrogen) atoms. The highest BCUT2D eigenvalue weighted by Gasteiger charge is 2.31. The van der Waals surface area contributed by atoms with Crippen LogP contribution in [0.3, 0.4) is 0 Å². The molecule has 0 spiro atoms. The summed E-state index contributed by atoms with van der Waals surface area (Å²) in [5.74, 6) is 0. The largest absolute Gasteiger partial charge is 0.416 e. The molecule has 0 unspecified atom stereocenters. The second-order valence-electron chi connectivity index (χ2n) is 3.39. The van der Waals surface area contributed by atoms with Crippen molar-refractivity contribution in [1.82, 2.24) is 0 Å². The summed E-state index contributed by atoms with van der Waals surface area (Å²) in [6, 6.07) is 2.52. The summed E-state index contributed by atoms with van der Waals surface area (Å²) in [5.41, 5.74) is 5.04. The first-order valence-electron chi connectivity index (χ1n) is 4.58. The molecular formula is C10H12Cl2F3NO. The smallest absolute Gasteiger partial charge is 0.396 e. The van der Waals surface area contributed by atoms with Crippen molar-refractivity contribution >= 4 is 24.0 Å². The van der Waals surface area contributed by atoms with E-state index in [0.29, 0.717) is 0 Å². The number of nitrogens with two attached hydrogens (primary N) is 1. The van der Waals surface area contributed by atoms with Crippen LogP contribution in [0.25, 0.3) is 0 Å². The predicted molar refractivity (Wildman–Crippen MR) is 62.3 cm³/mol. The first kappa shape index (κ1) is 16.5. The molecular weight excluding hydrogens is 278 g/mol. The Morgan fingerprint density at radius 3 is 2.35 bits per heavy atom. The summed E-state index contributed by atoms with van der Waals surface area (Å²) in [4.78, 5) is 0. The van der Waals surface area contributed by atoms with Crippen LogP contribution in [-0.2, 0) is 6.18 Å². The molecule has 0 aliphatic rings. The normalized spacial score (nSPS) is 13.1. The van der Waals surface area contributed by atoms with Crippen molar-refractivity contribution in [2.24, 2.45) is 5.73 Å². The summed E-state index contributed by atoms with van der Waals surface area (Å²) in [6.07, 6.45) is -4.25. The first-order valence-corrected chi connectivity index (χ1v) is 4.96. The molecule has 0 aliphatic heterocycles. The maximum Gasteiger partial charge on any atom is 0.416 e. The maximum absolute atomic E-state index is 12.4. The van der Waals surface area contributed by atoms with Gasteiger partial charge in [0.25, 0.3) is 0 Å². The van der Waals surface area contributed by atoms with Crippen LogP contribution in [0, 0.1) is 0 Å². The van der Waals surface area contributed by atoms with Crippen LogP contribution in [-0.4, -0.2) is 11.7 Å². The number of aliphatic hydroxyl groups excluding tert-OH is 1. The van der Waals surface area contributed by atoms with E-state index in [1.54, 1.807) is 0 Å². The second-order valence-corrected chi connectivity index (χ2v) is 3.83. The van der Waals surface area contributed by atoms with Crippen LogP contribution in [0.4, 0.5) is 13.2 Å². The topological polar surface area (TPSA) is 46.2 Å². The molecule has 0 aliphatic carbocycles. The van der Waals surface area contributed by atoms with E-state index in [2.05, 4.69) is 0 Å². The lowest BCUT2D eigenvalue weighted by Gasteiger charge is -2.14. The van der Waals surface area contributed by atoms with Gasteiger partial charge in [-0.1, -0.05) is 11.6 Å². The van der Waals surface area contributed by atoms with E-state index in [9.17, 15) is 13.2 Å². The highest BCUT2D eigenvalue weighted by Crippen LogP contribution is 2.33. The fraction of sp³-hybridized carbons (Fsp3) is 0.400. The van der Waals surface area contributed by atoms with Crippen molar-refractivity contribution in [3.8, 4) is 0 Å². The van der Waals surface area contributed by atoms with Gasteiger partial charge in [0.15, 0.2) is 0 Å². The number of halogens is 5. The Kier molecular flexibility index (Phi) is 6.26. The predicted octanol–water partition coefficient (Wildman–Crippen LogP) is 3.16. The van der Waals surface area contributed by atoms with Crippen molar-refractivity contribution in [2.45, 2.75) is 18.6 Å². The minimum absolute atomic E-state index is 0. The van der Waals surface area contributed by atoms with Crippen LogP contribution in [0.5, 0.6) is 0 Å². The summed E-state index contributed by atoms with van der Waals surface area (Å²) < 4.78 is 37.3. The Morgan fingerprint density at radius 2 is 1.88 bits per heavy atom. The summed E-state index contributed by atoms with van der Waals surface area (Å²) >= 11 is 5.58. The number of alkyl halides is 3. The molecule has 0 amide bonds. The fourth-order valence-electron chi connectivity index (χ4n) is 1.30. The van der Waals surface area contributed by atoms with Gasteiger partial charge in [0.05, 0.1) is 5.56 Å². The Balaban J connectivity index is 0.00000256. The molecule has 0 saturated carbocycles. The maximum atomic E-state index is 12.4. The van der Waals surface area contributed by atoms with Crippen molar-refractivity contribution in [2.75, 3.05) is 6.61 Å². The number of aliphatic hydroxyl groups is 1. The zero-order chi connectivity index (χ0) is 12.3. The van der Waals surface area contributed by atoms with Gasteiger partial charge in [0.2, 0.25) is 0 Å². The quantitative estimate of drug-likeness (QED) is 0.898. The Bertz CT molecular complexity index is 371. The van der Waals surface area contributed by atoms with E-state index in [1.165, 1.54) is 6.07 Å². The van der Waals surface area contributed by atoms with Gasteiger partial charge in [-0.05, 0) is 30.2 Å². The molecule has 1 aromatic carbocycles. The average Bonchev–Trinajstić information content (AvgIpc) is 2.16. The number of rotatable bonds is 3. The molecule has 1 aromatic rings.